The lowest BCUT2D eigenvalue weighted by molar-refractivity contribution is 1.18. The van der Waals surface area contributed by atoms with E-state index in [0.29, 0.717) is 0 Å². The van der Waals surface area contributed by atoms with Crippen LogP contribution in [0.15, 0.2) is 24.5 Å². The molecule has 0 aliphatic rings. The first kappa shape index (κ1) is 14.2. The number of rotatable bonds is 5. The van der Waals surface area contributed by atoms with Crippen molar-refractivity contribution in [2.45, 2.75) is 24.5 Å². The molecule has 0 spiro atoms. The fourth-order valence-electron chi connectivity index (χ4n) is 1.44. The molecular weight excluding hydrogens is 280 g/mol. The Labute approximate surface area is 114 Å². The summed E-state index contributed by atoms with van der Waals surface area (Å²) in [5, 5.41) is 0. The summed E-state index contributed by atoms with van der Waals surface area (Å²) in [6, 6.07) is 0. The molecule has 0 bridgehead atoms. The fraction of sp³-hybridized carbons (Fsp3) is 0.500. The highest BCUT2D eigenvalue weighted by Gasteiger charge is 2.10. The van der Waals surface area contributed by atoms with Gasteiger partial charge in [-0.25, -0.2) is 23.5 Å². The lowest BCUT2D eigenvalue weighted by atomic mass is 10.6. The summed E-state index contributed by atoms with van der Waals surface area (Å²) in [7, 11) is 0. The minimum Gasteiger partial charge on any atom is -0.209 e. The topological polar surface area (TPSA) is 0 Å². The first-order chi connectivity index (χ1) is 7.24. The maximum absolute atomic E-state index is 2.17. The van der Waals surface area contributed by atoms with Gasteiger partial charge in [-0.05, 0) is 31.3 Å². The quantitative estimate of drug-likeness (QED) is 0.551. The summed E-state index contributed by atoms with van der Waals surface area (Å²) in [6.07, 6.45) is 10.8. The van der Waals surface area contributed by atoms with Crippen LogP contribution in [0.25, 0.3) is 0 Å². The van der Waals surface area contributed by atoms with Gasteiger partial charge in [0, 0.05) is 0 Å². The van der Waals surface area contributed by atoms with Crippen molar-refractivity contribution >= 4 is 58.8 Å². The van der Waals surface area contributed by atoms with E-state index in [4.69, 9.17) is 0 Å². The third kappa shape index (κ3) is 2.68. The molecule has 0 aromatic heterocycles. The number of thioether (sulfide) groups is 5. The van der Waals surface area contributed by atoms with Crippen molar-refractivity contribution in [3.8, 4) is 0 Å². The van der Waals surface area contributed by atoms with Gasteiger partial charge in [0.05, 0.1) is 0 Å². The average molecular weight is 296 g/mol. The van der Waals surface area contributed by atoms with Gasteiger partial charge in [-0.2, -0.15) is 35.3 Å². The van der Waals surface area contributed by atoms with Crippen LogP contribution in [0.3, 0.4) is 0 Å². The second kappa shape index (κ2) is 6.74. The van der Waals surface area contributed by atoms with Crippen LogP contribution in [0.4, 0.5) is 0 Å². The molecule has 0 radical (unpaired) electrons. The molecule has 1 aromatic carbocycles. The Bertz CT molecular complexity index is 237. The normalized spacial score (nSPS) is 11.0. The van der Waals surface area contributed by atoms with Gasteiger partial charge in [0.15, 0.2) is 0 Å². The van der Waals surface area contributed by atoms with Crippen molar-refractivity contribution in [3.05, 3.63) is 0 Å². The van der Waals surface area contributed by atoms with Crippen molar-refractivity contribution in [2.75, 3.05) is 31.3 Å². The third-order valence-corrected chi connectivity index (χ3v) is 6.78. The van der Waals surface area contributed by atoms with Crippen LogP contribution in [0.1, 0.15) is 0 Å². The van der Waals surface area contributed by atoms with Crippen LogP contribution < -0.4 is 0 Å². The lowest BCUT2D eigenvalue weighted by Crippen LogP contribution is -1.72. The summed E-state index contributed by atoms with van der Waals surface area (Å²) in [6.45, 7) is 0. The molecule has 1 aromatic rings. The van der Waals surface area contributed by atoms with Crippen molar-refractivity contribution in [1.29, 1.82) is 0 Å². The Balaban J connectivity index is 3.41. The van der Waals surface area contributed by atoms with Gasteiger partial charge in [0.2, 0.25) is 0 Å². The lowest BCUT2D eigenvalue weighted by Gasteiger charge is -2.12. The fourth-order valence-corrected chi connectivity index (χ4v) is 7.14. The van der Waals surface area contributed by atoms with Crippen LogP contribution >= 0.6 is 58.8 Å². The molecule has 5 heteroatoms. The minimum atomic E-state index is 1.46. The predicted octanol–water partition coefficient (Wildman–Crippen LogP) is 5.02. The van der Waals surface area contributed by atoms with Crippen LogP contribution in [-0.2, 0) is 0 Å². The molecule has 0 N–H and O–H groups in total. The largest absolute Gasteiger partial charge is 0.209 e. The average Bonchev–Trinajstić information content (AvgIpc) is 2.59. The zero-order chi connectivity index (χ0) is 11.4. The van der Waals surface area contributed by atoms with E-state index in [1.165, 1.54) is 24.5 Å². The molecule has 0 unspecified atom stereocenters. The van der Waals surface area contributed by atoms with Crippen molar-refractivity contribution in [3.63, 3.8) is 0 Å². The number of hydrogen-bond donors (Lipinski definition) is 0. The molecule has 86 valence electrons. The minimum absolute atomic E-state index is 1.46. The molecule has 1 rings (SSSR count). The van der Waals surface area contributed by atoms with E-state index in [-0.39, 0.29) is 0 Å². The highest BCUT2D eigenvalue weighted by atomic mass is 32.2. The Morgan fingerprint density at radius 1 is 0.667 bits per heavy atom. The van der Waals surface area contributed by atoms with E-state index < -0.39 is 0 Å². The summed E-state index contributed by atoms with van der Waals surface area (Å²) >= 11 is 9.34. The SMILES string of the molecule is CSc1c(SC)c(SC)[c-](SC)c1SC. The molecule has 15 heavy (non-hydrogen) atoms. The Morgan fingerprint density at radius 2 is 1.07 bits per heavy atom. The molecule has 0 amide bonds. The van der Waals surface area contributed by atoms with Crippen LogP contribution in [0, 0.1) is 0 Å². The Hall–Kier alpha value is 1.10. The molecule has 0 fully saturated rings. The first-order valence-electron chi connectivity index (χ1n) is 4.31. The Kier molecular flexibility index (Phi) is 6.37. The molecule has 0 atom stereocenters. The van der Waals surface area contributed by atoms with Gasteiger partial charge in [0.25, 0.3) is 0 Å². The zero-order valence-corrected chi connectivity index (χ0v) is 13.6. The van der Waals surface area contributed by atoms with Crippen LogP contribution in [0.5, 0.6) is 0 Å². The molecule has 0 heterocycles. The second-order valence-electron chi connectivity index (χ2n) is 2.67. The van der Waals surface area contributed by atoms with E-state index in [2.05, 4.69) is 31.3 Å². The third-order valence-electron chi connectivity index (χ3n) is 2.05. The molecule has 0 saturated heterocycles. The molecular formula is C10H15S5-. The summed E-state index contributed by atoms with van der Waals surface area (Å²) in [5.41, 5.74) is 0. The molecule has 0 saturated carbocycles. The smallest absolute Gasteiger partial charge is 0.0157 e. The van der Waals surface area contributed by atoms with E-state index in [9.17, 15) is 0 Å². The van der Waals surface area contributed by atoms with Crippen molar-refractivity contribution in [1.82, 2.24) is 0 Å². The highest BCUT2D eigenvalue weighted by molar-refractivity contribution is 8.05. The van der Waals surface area contributed by atoms with Gasteiger partial charge < -0.3 is 0 Å². The van der Waals surface area contributed by atoms with Gasteiger partial charge in [0.1, 0.15) is 0 Å². The van der Waals surface area contributed by atoms with Crippen LogP contribution in [0.2, 0.25) is 0 Å². The zero-order valence-electron chi connectivity index (χ0n) is 9.54. The van der Waals surface area contributed by atoms with Crippen molar-refractivity contribution < 1.29 is 0 Å². The molecule has 0 aliphatic carbocycles. The van der Waals surface area contributed by atoms with Gasteiger partial charge in [-0.15, -0.1) is 9.79 Å². The first-order valence-corrected chi connectivity index (χ1v) is 10.4. The monoisotopic (exact) mass is 295 g/mol. The van der Waals surface area contributed by atoms with Gasteiger partial charge >= 0.3 is 0 Å². The summed E-state index contributed by atoms with van der Waals surface area (Å²) < 4.78 is 0. The summed E-state index contributed by atoms with van der Waals surface area (Å²) in [4.78, 5) is 7.31. The molecule has 0 aliphatic heterocycles. The van der Waals surface area contributed by atoms with E-state index >= 15 is 0 Å². The van der Waals surface area contributed by atoms with Gasteiger partial charge in [-0.3, -0.25) is 0 Å². The standard InChI is InChI=1S/C10H15S5/c1-11-6-7(12-2)9(14-4)10(15-5)8(6)13-3/h1-5H3/q-1. The van der Waals surface area contributed by atoms with E-state index in [1.807, 2.05) is 58.8 Å². The van der Waals surface area contributed by atoms with Gasteiger partial charge in [-0.1, -0.05) is 14.7 Å². The van der Waals surface area contributed by atoms with E-state index in [1.54, 1.807) is 0 Å². The highest BCUT2D eigenvalue weighted by Crippen LogP contribution is 2.51. The van der Waals surface area contributed by atoms with Crippen LogP contribution in [-0.4, -0.2) is 31.3 Å². The Morgan fingerprint density at radius 3 is 1.27 bits per heavy atom. The van der Waals surface area contributed by atoms with Crippen molar-refractivity contribution in [2.24, 2.45) is 0 Å². The van der Waals surface area contributed by atoms with E-state index in [0.717, 1.165) is 0 Å². The maximum Gasteiger partial charge on any atom is -0.0157 e. The molecule has 0 nitrogen and oxygen atoms in total. The maximum atomic E-state index is 2.17. The predicted molar refractivity (Wildman–Crippen MR) is 80.9 cm³/mol. The number of hydrogen-bond acceptors (Lipinski definition) is 5. The second-order valence-corrected chi connectivity index (χ2v) is 6.75. The summed E-state index contributed by atoms with van der Waals surface area (Å²) in [5.74, 6) is 0.